The lowest BCUT2D eigenvalue weighted by Gasteiger charge is -2.08. The molecule has 17 heavy (non-hydrogen) atoms. The number of nitrogen functional groups attached to an aromatic ring is 1. The zero-order valence-electron chi connectivity index (χ0n) is 9.89. The molecule has 88 valence electrons. The third kappa shape index (κ3) is 3.04. The van der Waals surface area contributed by atoms with E-state index in [4.69, 9.17) is 10.5 Å². The summed E-state index contributed by atoms with van der Waals surface area (Å²) in [5.74, 6) is 0. The molecule has 2 rings (SSSR count). The molecule has 1 aromatic heterocycles. The molecule has 0 aliphatic heterocycles. The smallest absolute Gasteiger partial charge is 0.0895 e. The fourth-order valence-electron chi connectivity index (χ4n) is 1.58. The molecule has 0 unspecified atom stereocenters. The minimum atomic E-state index is 0.492. The lowest BCUT2D eigenvalue weighted by atomic mass is 10.2. The van der Waals surface area contributed by atoms with Crippen LogP contribution in [0.4, 0.5) is 5.69 Å². The normalized spacial score (nSPS) is 10.4. The summed E-state index contributed by atoms with van der Waals surface area (Å²) < 4.78 is 5.62. The maximum Gasteiger partial charge on any atom is 0.0895 e. The summed E-state index contributed by atoms with van der Waals surface area (Å²) >= 11 is 0. The molecule has 1 heterocycles. The Balaban J connectivity index is 1.93. The van der Waals surface area contributed by atoms with Gasteiger partial charge in [-0.05, 0) is 24.1 Å². The Hall–Kier alpha value is -1.87. The van der Waals surface area contributed by atoms with Gasteiger partial charge in [0, 0.05) is 11.9 Å². The third-order valence-electron chi connectivity index (χ3n) is 2.70. The van der Waals surface area contributed by atoms with Gasteiger partial charge in [-0.15, -0.1) is 0 Å². The Morgan fingerprint density at radius 2 is 1.88 bits per heavy atom. The molecule has 0 aliphatic rings. The highest BCUT2D eigenvalue weighted by Gasteiger charge is 2.02. The summed E-state index contributed by atoms with van der Waals surface area (Å²) in [6, 6.07) is 11.9. The minimum absolute atomic E-state index is 0.492. The van der Waals surface area contributed by atoms with Gasteiger partial charge in [0.25, 0.3) is 0 Å². The van der Waals surface area contributed by atoms with Gasteiger partial charge < -0.3 is 10.5 Å². The molecule has 2 N–H and O–H groups in total. The average Bonchev–Trinajstić information content (AvgIpc) is 2.36. The summed E-state index contributed by atoms with van der Waals surface area (Å²) in [7, 11) is 0. The second-order valence-corrected chi connectivity index (χ2v) is 3.95. The predicted molar refractivity (Wildman–Crippen MR) is 68.3 cm³/mol. The van der Waals surface area contributed by atoms with Crippen LogP contribution in [0.3, 0.4) is 0 Å². The van der Waals surface area contributed by atoms with Crippen molar-refractivity contribution in [3.05, 3.63) is 59.4 Å². The van der Waals surface area contributed by atoms with Gasteiger partial charge in [0.15, 0.2) is 0 Å². The fourth-order valence-corrected chi connectivity index (χ4v) is 1.58. The lowest BCUT2D eigenvalue weighted by Crippen LogP contribution is -2.01. The number of rotatable bonds is 4. The van der Waals surface area contributed by atoms with E-state index in [9.17, 15) is 0 Å². The Morgan fingerprint density at radius 3 is 2.65 bits per heavy atom. The average molecular weight is 228 g/mol. The standard InChI is InChI=1S/C14H16N2O/c1-11-13(15)7-8-16-14(11)10-17-9-12-5-3-2-4-6-12/h2-8H,9-10H2,1H3,(H2,15,16). The van der Waals surface area contributed by atoms with Gasteiger partial charge in [-0.2, -0.15) is 0 Å². The van der Waals surface area contributed by atoms with Crippen LogP contribution in [0.1, 0.15) is 16.8 Å². The molecular formula is C14H16N2O. The van der Waals surface area contributed by atoms with Crippen LogP contribution >= 0.6 is 0 Å². The van der Waals surface area contributed by atoms with Crippen LogP contribution in [-0.4, -0.2) is 4.98 Å². The topological polar surface area (TPSA) is 48.1 Å². The van der Waals surface area contributed by atoms with E-state index in [-0.39, 0.29) is 0 Å². The highest BCUT2D eigenvalue weighted by molar-refractivity contribution is 5.46. The molecule has 0 amide bonds. The fraction of sp³-hybridized carbons (Fsp3) is 0.214. The maximum atomic E-state index is 5.81. The van der Waals surface area contributed by atoms with E-state index in [1.165, 1.54) is 0 Å². The molecule has 3 heteroatoms. The van der Waals surface area contributed by atoms with Crippen LogP contribution in [0.5, 0.6) is 0 Å². The van der Waals surface area contributed by atoms with Crippen molar-refractivity contribution in [3.8, 4) is 0 Å². The Bertz CT molecular complexity index is 483. The van der Waals surface area contributed by atoms with Crippen LogP contribution in [0.25, 0.3) is 0 Å². The second-order valence-electron chi connectivity index (χ2n) is 3.95. The van der Waals surface area contributed by atoms with Crippen molar-refractivity contribution < 1.29 is 4.74 Å². The molecule has 0 fully saturated rings. The number of nitrogens with zero attached hydrogens (tertiary/aromatic N) is 1. The Labute approximate surface area is 101 Å². The highest BCUT2D eigenvalue weighted by Crippen LogP contribution is 2.14. The maximum absolute atomic E-state index is 5.81. The number of pyridine rings is 1. The largest absolute Gasteiger partial charge is 0.398 e. The molecule has 1 aromatic carbocycles. The van der Waals surface area contributed by atoms with Crippen LogP contribution in [0, 0.1) is 6.92 Å². The molecule has 0 spiro atoms. The number of aromatic nitrogens is 1. The molecule has 0 bridgehead atoms. The molecule has 0 radical (unpaired) electrons. The SMILES string of the molecule is Cc1c(N)ccnc1COCc1ccccc1. The molecule has 2 aromatic rings. The molecule has 0 saturated heterocycles. The summed E-state index contributed by atoms with van der Waals surface area (Å²) in [6.07, 6.45) is 1.71. The molecule has 0 aliphatic carbocycles. The molecule has 3 nitrogen and oxygen atoms in total. The first-order chi connectivity index (χ1) is 8.27. The first-order valence-corrected chi connectivity index (χ1v) is 5.59. The van der Waals surface area contributed by atoms with Gasteiger partial charge in [-0.1, -0.05) is 30.3 Å². The first kappa shape index (κ1) is 11.6. The number of benzene rings is 1. The summed E-state index contributed by atoms with van der Waals surface area (Å²) in [5.41, 5.74) is 9.64. The highest BCUT2D eigenvalue weighted by atomic mass is 16.5. The van der Waals surface area contributed by atoms with Crippen molar-refractivity contribution in [2.75, 3.05) is 5.73 Å². The van der Waals surface area contributed by atoms with Gasteiger partial charge >= 0.3 is 0 Å². The second kappa shape index (κ2) is 5.46. The van der Waals surface area contributed by atoms with E-state index in [1.807, 2.05) is 37.3 Å². The van der Waals surface area contributed by atoms with E-state index in [1.54, 1.807) is 12.3 Å². The number of nitrogens with two attached hydrogens (primary N) is 1. The van der Waals surface area contributed by atoms with Crippen LogP contribution in [-0.2, 0) is 18.0 Å². The number of anilines is 1. The van der Waals surface area contributed by atoms with E-state index < -0.39 is 0 Å². The summed E-state index contributed by atoms with van der Waals surface area (Å²) in [4.78, 5) is 4.27. The van der Waals surface area contributed by atoms with Gasteiger partial charge in [0.05, 0.1) is 18.9 Å². The van der Waals surface area contributed by atoms with E-state index in [2.05, 4.69) is 4.98 Å². The third-order valence-corrected chi connectivity index (χ3v) is 2.70. The predicted octanol–water partition coefficient (Wildman–Crippen LogP) is 2.69. The van der Waals surface area contributed by atoms with Gasteiger partial charge in [0.1, 0.15) is 0 Å². The zero-order chi connectivity index (χ0) is 12.1. The van der Waals surface area contributed by atoms with Crippen LogP contribution in [0.2, 0.25) is 0 Å². The molecule has 0 atom stereocenters. The molecule has 0 saturated carbocycles. The van der Waals surface area contributed by atoms with Crippen LogP contribution in [0.15, 0.2) is 42.6 Å². The van der Waals surface area contributed by atoms with E-state index in [0.717, 1.165) is 22.5 Å². The molecular weight excluding hydrogens is 212 g/mol. The quantitative estimate of drug-likeness (QED) is 0.875. The van der Waals surface area contributed by atoms with Crippen molar-refractivity contribution in [3.63, 3.8) is 0 Å². The summed E-state index contributed by atoms with van der Waals surface area (Å²) in [6.45, 7) is 3.05. The zero-order valence-corrected chi connectivity index (χ0v) is 9.89. The Kier molecular flexibility index (Phi) is 3.73. The van der Waals surface area contributed by atoms with Crippen molar-refractivity contribution in [1.29, 1.82) is 0 Å². The Morgan fingerprint density at radius 1 is 1.12 bits per heavy atom. The minimum Gasteiger partial charge on any atom is -0.398 e. The lowest BCUT2D eigenvalue weighted by molar-refractivity contribution is 0.104. The van der Waals surface area contributed by atoms with E-state index >= 15 is 0 Å². The van der Waals surface area contributed by atoms with Gasteiger partial charge in [-0.25, -0.2) is 0 Å². The number of hydrogen-bond donors (Lipinski definition) is 1. The van der Waals surface area contributed by atoms with Gasteiger partial charge in [-0.3, -0.25) is 4.98 Å². The van der Waals surface area contributed by atoms with Crippen molar-refractivity contribution in [1.82, 2.24) is 4.98 Å². The van der Waals surface area contributed by atoms with Crippen LogP contribution < -0.4 is 5.73 Å². The number of ether oxygens (including phenoxy) is 1. The van der Waals surface area contributed by atoms with Crippen molar-refractivity contribution in [2.24, 2.45) is 0 Å². The first-order valence-electron chi connectivity index (χ1n) is 5.59. The monoisotopic (exact) mass is 228 g/mol. The number of hydrogen-bond acceptors (Lipinski definition) is 3. The van der Waals surface area contributed by atoms with Crippen molar-refractivity contribution >= 4 is 5.69 Å². The van der Waals surface area contributed by atoms with E-state index in [0.29, 0.717) is 13.2 Å². The summed E-state index contributed by atoms with van der Waals surface area (Å²) in [5, 5.41) is 0. The van der Waals surface area contributed by atoms with Crippen molar-refractivity contribution in [2.45, 2.75) is 20.1 Å². The van der Waals surface area contributed by atoms with Gasteiger partial charge in [0.2, 0.25) is 0 Å².